The summed E-state index contributed by atoms with van der Waals surface area (Å²) in [5.74, 6) is 0.0723. The summed E-state index contributed by atoms with van der Waals surface area (Å²) in [4.78, 5) is 16.9. The molecule has 2 heterocycles. The average molecular weight is 211 g/mol. The van der Waals surface area contributed by atoms with Crippen molar-refractivity contribution in [1.29, 1.82) is 0 Å². The summed E-state index contributed by atoms with van der Waals surface area (Å²) in [6.07, 6.45) is 2.57. The zero-order valence-corrected chi connectivity index (χ0v) is 8.76. The molecule has 0 radical (unpaired) electrons. The third kappa shape index (κ3) is 2.33. The highest BCUT2D eigenvalue weighted by Crippen LogP contribution is 2.11. The Morgan fingerprint density at radius 3 is 3.14 bits per heavy atom. The maximum absolute atomic E-state index is 11.7. The van der Waals surface area contributed by atoms with Crippen LogP contribution in [0, 0.1) is 0 Å². The average Bonchev–Trinajstić information content (AvgIpc) is 2.72. The van der Waals surface area contributed by atoms with Crippen molar-refractivity contribution in [2.75, 3.05) is 13.2 Å². The van der Waals surface area contributed by atoms with Crippen molar-refractivity contribution in [3.8, 4) is 0 Å². The second-order valence-electron chi connectivity index (χ2n) is 3.34. The molecule has 1 aromatic heterocycles. The van der Waals surface area contributed by atoms with Crippen molar-refractivity contribution in [3.05, 3.63) is 22.4 Å². The summed E-state index contributed by atoms with van der Waals surface area (Å²) in [7, 11) is 0. The van der Waals surface area contributed by atoms with Crippen LogP contribution in [0.4, 0.5) is 0 Å². The Labute approximate surface area is 87.2 Å². The van der Waals surface area contributed by atoms with Gasteiger partial charge in [-0.15, -0.1) is 0 Å². The van der Waals surface area contributed by atoms with Crippen LogP contribution in [0.15, 0.2) is 16.8 Å². The van der Waals surface area contributed by atoms with Crippen molar-refractivity contribution >= 4 is 17.2 Å². The van der Waals surface area contributed by atoms with Gasteiger partial charge in [0.25, 0.3) is 5.91 Å². The Bertz CT molecular complexity index is 291. The first-order chi connectivity index (χ1) is 6.86. The van der Waals surface area contributed by atoms with Crippen LogP contribution < -0.4 is 0 Å². The predicted molar refractivity (Wildman–Crippen MR) is 54.9 cm³/mol. The first-order valence-corrected chi connectivity index (χ1v) is 5.75. The van der Waals surface area contributed by atoms with E-state index in [2.05, 4.69) is 0 Å². The molecule has 1 saturated heterocycles. The van der Waals surface area contributed by atoms with Crippen LogP contribution in [0.5, 0.6) is 0 Å². The van der Waals surface area contributed by atoms with Gasteiger partial charge in [0.2, 0.25) is 0 Å². The third-order valence-corrected chi connectivity index (χ3v) is 2.95. The van der Waals surface area contributed by atoms with Gasteiger partial charge in [0.05, 0.1) is 13.0 Å². The van der Waals surface area contributed by atoms with Gasteiger partial charge in [-0.05, 0) is 35.2 Å². The molecular weight excluding hydrogens is 198 g/mol. The largest absolute Gasteiger partial charge is 0.272 e. The van der Waals surface area contributed by atoms with Crippen molar-refractivity contribution in [1.82, 2.24) is 5.06 Å². The third-order valence-electron chi connectivity index (χ3n) is 2.22. The highest BCUT2D eigenvalue weighted by molar-refractivity contribution is 7.07. The zero-order valence-electron chi connectivity index (χ0n) is 7.94. The highest BCUT2D eigenvalue weighted by Gasteiger charge is 2.17. The fourth-order valence-electron chi connectivity index (χ4n) is 1.45. The topological polar surface area (TPSA) is 29.5 Å². The molecule has 0 N–H and O–H groups in total. The monoisotopic (exact) mass is 211 g/mol. The minimum atomic E-state index is 0.0723. The van der Waals surface area contributed by atoms with Gasteiger partial charge in [-0.3, -0.25) is 9.63 Å². The summed E-state index contributed by atoms with van der Waals surface area (Å²) in [5, 5.41) is 5.49. The number of hydrogen-bond donors (Lipinski definition) is 0. The van der Waals surface area contributed by atoms with E-state index in [0.29, 0.717) is 13.0 Å². The van der Waals surface area contributed by atoms with Gasteiger partial charge in [0.15, 0.2) is 0 Å². The molecule has 0 bridgehead atoms. The SMILES string of the molecule is O=C(Cc1ccsc1)N1CCCCO1. The molecule has 0 atom stereocenters. The van der Waals surface area contributed by atoms with E-state index in [0.717, 1.165) is 24.9 Å². The Morgan fingerprint density at radius 2 is 2.50 bits per heavy atom. The molecule has 76 valence electrons. The number of hydroxylamine groups is 2. The highest BCUT2D eigenvalue weighted by atomic mass is 32.1. The number of rotatable bonds is 2. The maximum atomic E-state index is 11.7. The van der Waals surface area contributed by atoms with Crippen LogP contribution in [0.25, 0.3) is 0 Å². The van der Waals surface area contributed by atoms with Gasteiger partial charge in [-0.1, -0.05) is 0 Å². The predicted octanol–water partition coefficient (Wildman–Crippen LogP) is 1.84. The maximum Gasteiger partial charge on any atom is 0.250 e. The minimum Gasteiger partial charge on any atom is -0.272 e. The van der Waals surface area contributed by atoms with Crippen LogP contribution in [0.3, 0.4) is 0 Å². The fraction of sp³-hybridized carbons (Fsp3) is 0.500. The Kier molecular flexibility index (Phi) is 3.16. The Hall–Kier alpha value is -0.870. The number of amides is 1. The van der Waals surface area contributed by atoms with Crippen molar-refractivity contribution in [2.24, 2.45) is 0 Å². The molecule has 0 spiro atoms. The van der Waals surface area contributed by atoms with Crippen molar-refractivity contribution < 1.29 is 9.63 Å². The number of hydrogen-bond acceptors (Lipinski definition) is 3. The molecule has 1 amide bonds. The smallest absolute Gasteiger partial charge is 0.250 e. The van der Waals surface area contributed by atoms with Crippen LogP contribution in [-0.4, -0.2) is 24.1 Å². The zero-order chi connectivity index (χ0) is 9.80. The Morgan fingerprint density at radius 1 is 1.57 bits per heavy atom. The summed E-state index contributed by atoms with van der Waals surface area (Å²) in [6.45, 7) is 1.42. The molecule has 1 aliphatic rings. The van der Waals surface area contributed by atoms with E-state index in [1.54, 1.807) is 11.3 Å². The fourth-order valence-corrected chi connectivity index (χ4v) is 2.12. The van der Waals surface area contributed by atoms with Crippen LogP contribution >= 0.6 is 11.3 Å². The van der Waals surface area contributed by atoms with E-state index < -0.39 is 0 Å². The number of thiophene rings is 1. The lowest BCUT2D eigenvalue weighted by atomic mass is 10.2. The van der Waals surface area contributed by atoms with Crippen LogP contribution in [0.2, 0.25) is 0 Å². The van der Waals surface area contributed by atoms with Crippen LogP contribution in [0.1, 0.15) is 18.4 Å². The molecule has 1 aromatic rings. The minimum absolute atomic E-state index is 0.0723. The summed E-state index contributed by atoms with van der Waals surface area (Å²) >= 11 is 1.62. The second-order valence-corrected chi connectivity index (χ2v) is 4.12. The van der Waals surface area contributed by atoms with E-state index in [1.807, 2.05) is 16.8 Å². The summed E-state index contributed by atoms with van der Waals surface area (Å²) < 4.78 is 0. The normalized spacial score (nSPS) is 17.0. The lowest BCUT2D eigenvalue weighted by molar-refractivity contribution is -0.196. The summed E-state index contributed by atoms with van der Waals surface area (Å²) in [6, 6.07) is 1.98. The second kappa shape index (κ2) is 4.57. The van der Waals surface area contributed by atoms with Crippen molar-refractivity contribution in [2.45, 2.75) is 19.3 Å². The van der Waals surface area contributed by atoms with Crippen LogP contribution in [-0.2, 0) is 16.1 Å². The molecule has 14 heavy (non-hydrogen) atoms. The first kappa shape index (κ1) is 9.68. The van der Waals surface area contributed by atoms with Crippen molar-refractivity contribution in [3.63, 3.8) is 0 Å². The number of carbonyl (C=O) groups is 1. The van der Waals surface area contributed by atoms with E-state index in [1.165, 1.54) is 5.06 Å². The van der Waals surface area contributed by atoms with E-state index in [-0.39, 0.29) is 5.91 Å². The standard InChI is InChI=1S/C10H13NO2S/c12-10(7-9-3-6-14-8-9)11-4-1-2-5-13-11/h3,6,8H,1-2,4-5,7H2. The molecule has 1 fully saturated rings. The number of nitrogens with zero attached hydrogens (tertiary/aromatic N) is 1. The van der Waals surface area contributed by atoms with E-state index in [4.69, 9.17) is 4.84 Å². The molecule has 0 aliphatic carbocycles. The van der Waals surface area contributed by atoms with Gasteiger partial charge >= 0.3 is 0 Å². The molecule has 3 nitrogen and oxygen atoms in total. The molecule has 2 rings (SSSR count). The quantitative estimate of drug-likeness (QED) is 0.747. The first-order valence-electron chi connectivity index (χ1n) is 4.80. The number of carbonyl (C=O) groups excluding carboxylic acids is 1. The van der Waals surface area contributed by atoms with Gasteiger partial charge in [0.1, 0.15) is 0 Å². The lowest BCUT2D eigenvalue weighted by Crippen LogP contribution is -2.36. The van der Waals surface area contributed by atoms with Gasteiger partial charge < -0.3 is 0 Å². The molecule has 1 aliphatic heterocycles. The summed E-state index contributed by atoms with van der Waals surface area (Å²) in [5.41, 5.74) is 1.08. The lowest BCUT2D eigenvalue weighted by Gasteiger charge is -2.25. The van der Waals surface area contributed by atoms with Gasteiger partial charge in [-0.2, -0.15) is 11.3 Å². The van der Waals surface area contributed by atoms with Gasteiger partial charge in [0, 0.05) is 6.54 Å². The molecule has 0 aromatic carbocycles. The molecule has 0 unspecified atom stereocenters. The van der Waals surface area contributed by atoms with E-state index in [9.17, 15) is 4.79 Å². The Balaban J connectivity index is 1.88. The molecule has 0 saturated carbocycles. The molecule has 4 heteroatoms. The van der Waals surface area contributed by atoms with E-state index >= 15 is 0 Å². The van der Waals surface area contributed by atoms with Gasteiger partial charge in [-0.25, -0.2) is 5.06 Å². The molecular formula is C10H13NO2S.